The fourth-order valence-corrected chi connectivity index (χ4v) is 0. The molecule has 4 heteroatoms. The summed E-state index contributed by atoms with van der Waals surface area (Å²) in [7, 11) is 0. The Hall–Kier alpha value is 3.64. The minimum atomic E-state index is 0. The SMILES string of the molecule is [BiH3].[Ca+2].[H-].[H-].[InH3].[Zn]. The summed E-state index contributed by atoms with van der Waals surface area (Å²) < 4.78 is 0. The van der Waals surface area contributed by atoms with E-state index in [4.69, 9.17) is 0 Å². The molecule has 0 amide bonds. The maximum atomic E-state index is 0. The molecular weight excluding hydrogens is 429 g/mol. The fraction of sp³-hybridized carbons (Fsp3) is 0. The normalized spacial score (nSPS) is 0. The topological polar surface area (TPSA) is 0 Å². The van der Waals surface area contributed by atoms with Gasteiger partial charge < -0.3 is 2.85 Å². The van der Waals surface area contributed by atoms with Gasteiger partial charge in [-0.2, -0.15) is 0 Å². The molecule has 0 aromatic rings. The van der Waals surface area contributed by atoms with E-state index in [1.807, 2.05) is 0 Å². The first-order valence-electron chi connectivity index (χ1n) is 0. The van der Waals surface area contributed by atoms with Gasteiger partial charge in [0.2, 0.25) is 0 Å². The van der Waals surface area contributed by atoms with E-state index in [2.05, 4.69) is 0 Å². The van der Waals surface area contributed by atoms with Crippen molar-refractivity contribution in [2.45, 2.75) is 0 Å². The van der Waals surface area contributed by atoms with E-state index in [0.717, 1.165) is 0 Å². The average molecular weight is 437 g/mol. The molecule has 0 N–H and O–H groups in total. The van der Waals surface area contributed by atoms with Crippen LogP contribution in [0.5, 0.6) is 0 Å². The third kappa shape index (κ3) is 9.16. The molecule has 0 atom stereocenters. The van der Waals surface area contributed by atoms with Crippen LogP contribution in [0.25, 0.3) is 0 Å². The Morgan fingerprint density at radius 2 is 1.25 bits per heavy atom. The number of hydrogen-bond acceptors (Lipinski definition) is 0. The first kappa shape index (κ1) is 25.4. The molecule has 0 spiro atoms. The van der Waals surface area contributed by atoms with Crippen molar-refractivity contribution in [3.05, 3.63) is 0 Å². The van der Waals surface area contributed by atoms with Gasteiger partial charge in [-0.1, -0.05) is 0 Å². The zero-order valence-corrected chi connectivity index (χ0v) is 12.8. The molecule has 0 unspecified atom stereocenters. The average Bonchev–Trinajstić information content (AvgIpc) is 0. The molecule has 20 valence electrons. The van der Waals surface area contributed by atoms with E-state index in [1.165, 1.54) is 0 Å². The molecule has 0 nitrogen and oxygen atoms in total. The van der Waals surface area contributed by atoms with Crippen LogP contribution in [0.4, 0.5) is 0 Å². The molecule has 4 heavy (non-hydrogen) atoms. The van der Waals surface area contributed by atoms with E-state index >= 15 is 0 Å². The molecule has 0 aromatic heterocycles. The predicted molar refractivity (Wildman–Crippen MR) is 27.9 cm³/mol. The van der Waals surface area contributed by atoms with Crippen molar-refractivity contribution in [1.29, 1.82) is 0 Å². The Balaban J connectivity index is 0. The molecule has 0 aliphatic rings. The first-order chi connectivity index (χ1) is 0. The van der Waals surface area contributed by atoms with Crippen LogP contribution in [0.1, 0.15) is 2.85 Å². The largest absolute Gasteiger partial charge is 0 e. The van der Waals surface area contributed by atoms with Gasteiger partial charge in [0.05, 0.1) is 0 Å². The van der Waals surface area contributed by atoms with E-state index in [0.29, 0.717) is 0 Å². The quantitative estimate of drug-likeness (QED) is 0.367. The third-order valence-corrected chi connectivity index (χ3v) is 0. The summed E-state index contributed by atoms with van der Waals surface area (Å²) in [5.74, 6) is 0. The minimum Gasteiger partial charge on any atom is 0 e. The van der Waals surface area contributed by atoms with Crippen LogP contribution >= 0.6 is 0 Å². The number of rotatable bonds is 0. The molecule has 0 saturated heterocycles. The van der Waals surface area contributed by atoms with Crippen molar-refractivity contribution in [3.63, 3.8) is 0 Å². The van der Waals surface area contributed by atoms with Gasteiger partial charge >= 0.3 is 89.8 Å². The Morgan fingerprint density at radius 1 is 1.25 bits per heavy atom. The van der Waals surface area contributed by atoms with Crippen LogP contribution in [0, 0.1) is 0 Å². The molecule has 0 aliphatic carbocycles. The fourth-order valence-electron chi connectivity index (χ4n) is 0. The summed E-state index contributed by atoms with van der Waals surface area (Å²) in [6.45, 7) is 0. The zero-order valence-electron chi connectivity index (χ0n) is 4.12. The van der Waals surface area contributed by atoms with Crippen molar-refractivity contribution in [3.8, 4) is 0 Å². The van der Waals surface area contributed by atoms with Gasteiger partial charge in [-0.05, 0) is 0 Å². The van der Waals surface area contributed by atoms with E-state index in [-0.39, 0.29) is 112 Å². The summed E-state index contributed by atoms with van der Waals surface area (Å²) in [5, 5.41) is 0. The maximum Gasteiger partial charge on any atom is 0 e. The van der Waals surface area contributed by atoms with E-state index < -0.39 is 0 Å². The van der Waals surface area contributed by atoms with Crippen LogP contribution < -0.4 is 0 Å². The van der Waals surface area contributed by atoms with Crippen LogP contribution in [0.2, 0.25) is 0 Å². The standard InChI is InChI=1S/Bi.Ca.In.Zn.8H/q;+2;;;;;;;;;2*-1. The predicted octanol–water partition coefficient (Wildman–Crippen LogP) is -2.53. The Morgan fingerprint density at radius 3 is 1.25 bits per heavy atom. The van der Waals surface area contributed by atoms with Gasteiger partial charge in [-0.3, -0.25) is 0 Å². The van der Waals surface area contributed by atoms with Gasteiger partial charge in [0.15, 0.2) is 0 Å². The molecule has 0 rings (SSSR count). The Kier molecular flexibility index (Phi) is 101. The second-order valence-corrected chi connectivity index (χ2v) is 0. The van der Waals surface area contributed by atoms with Crippen LogP contribution in [0.15, 0.2) is 0 Å². The van der Waals surface area contributed by atoms with Crippen LogP contribution in [-0.2, 0) is 19.5 Å². The second-order valence-electron chi connectivity index (χ2n) is 0. The molecule has 0 saturated carbocycles. The monoisotopic (exact) mass is 436 g/mol. The van der Waals surface area contributed by atoms with Crippen molar-refractivity contribution >= 4 is 89.8 Å². The van der Waals surface area contributed by atoms with Crippen molar-refractivity contribution in [2.75, 3.05) is 0 Å². The molecule has 0 radical (unpaired) electrons. The Labute approximate surface area is 109 Å². The Bertz CT molecular complexity index is 13.5. The van der Waals surface area contributed by atoms with Gasteiger partial charge in [-0.15, -0.1) is 0 Å². The van der Waals surface area contributed by atoms with Crippen molar-refractivity contribution < 1.29 is 22.3 Å². The molecule has 0 aromatic carbocycles. The maximum absolute atomic E-state index is 0. The molecule has 0 heterocycles. The molecular formula is H8BiCaInZn. The summed E-state index contributed by atoms with van der Waals surface area (Å²) in [6.07, 6.45) is 0. The van der Waals surface area contributed by atoms with Crippen LogP contribution in [0.3, 0.4) is 0 Å². The van der Waals surface area contributed by atoms with Gasteiger partial charge in [0, 0.05) is 19.5 Å². The summed E-state index contributed by atoms with van der Waals surface area (Å²) in [6, 6.07) is 0. The first-order valence-corrected chi connectivity index (χ1v) is 0. The molecule has 0 aliphatic heterocycles. The van der Waals surface area contributed by atoms with Crippen molar-refractivity contribution in [2.24, 2.45) is 0 Å². The minimum absolute atomic E-state index is 0. The van der Waals surface area contributed by atoms with Gasteiger partial charge in [0.1, 0.15) is 0 Å². The third-order valence-electron chi connectivity index (χ3n) is 0. The van der Waals surface area contributed by atoms with Gasteiger partial charge in [0.25, 0.3) is 0 Å². The second kappa shape index (κ2) is 15.9. The summed E-state index contributed by atoms with van der Waals surface area (Å²) in [5.41, 5.74) is 0. The van der Waals surface area contributed by atoms with E-state index in [1.54, 1.807) is 0 Å². The smallest absolute Gasteiger partial charge is 0 e. The zero-order chi connectivity index (χ0) is 0. The van der Waals surface area contributed by atoms with E-state index in [9.17, 15) is 0 Å². The number of hydrogen-bond donors (Lipinski definition) is 0. The molecule has 0 bridgehead atoms. The van der Waals surface area contributed by atoms with Crippen molar-refractivity contribution in [1.82, 2.24) is 0 Å². The molecule has 0 fully saturated rings. The van der Waals surface area contributed by atoms with Gasteiger partial charge in [-0.25, -0.2) is 0 Å². The van der Waals surface area contributed by atoms with Crippen LogP contribution in [-0.4, -0.2) is 89.8 Å². The summed E-state index contributed by atoms with van der Waals surface area (Å²) >= 11 is 0. The summed E-state index contributed by atoms with van der Waals surface area (Å²) in [4.78, 5) is 0.